The zero-order valence-electron chi connectivity index (χ0n) is 10.6. The lowest BCUT2D eigenvalue weighted by atomic mass is 9.85. The third-order valence-electron chi connectivity index (χ3n) is 3.73. The van der Waals surface area contributed by atoms with Gasteiger partial charge >= 0.3 is 0 Å². The summed E-state index contributed by atoms with van der Waals surface area (Å²) in [5.41, 5.74) is 8.90. The smallest absolute Gasteiger partial charge is 0.160 e. The summed E-state index contributed by atoms with van der Waals surface area (Å²) in [4.78, 5) is 4.45. The van der Waals surface area contributed by atoms with Crippen molar-refractivity contribution in [3.8, 4) is 0 Å². The van der Waals surface area contributed by atoms with E-state index in [0.29, 0.717) is 17.2 Å². The van der Waals surface area contributed by atoms with Crippen LogP contribution in [0.4, 0.5) is 10.8 Å². The topological polar surface area (TPSA) is 77.0 Å². The summed E-state index contributed by atoms with van der Waals surface area (Å²) < 4.78 is 0. The molecule has 0 aromatic carbocycles. The lowest BCUT2D eigenvalue weighted by molar-refractivity contribution is 0.313. The predicted molar refractivity (Wildman–Crippen MR) is 73.9 cm³/mol. The molecular weight excluding hydrogens is 232 g/mol. The van der Waals surface area contributed by atoms with Crippen LogP contribution in [0.25, 0.3) is 0 Å². The molecule has 4 nitrogen and oxygen atoms in total. The predicted octanol–water partition coefficient (Wildman–Crippen LogP) is 3.08. The molecule has 1 unspecified atom stereocenters. The molecule has 1 aliphatic carbocycles. The van der Waals surface area contributed by atoms with Crippen LogP contribution in [-0.4, -0.2) is 4.98 Å². The van der Waals surface area contributed by atoms with Crippen molar-refractivity contribution < 1.29 is 0 Å². The number of nitrogens with two attached hydrogens (primary N) is 2. The fourth-order valence-corrected chi connectivity index (χ4v) is 3.50. The minimum atomic E-state index is 0.479. The van der Waals surface area contributed by atoms with E-state index in [-0.39, 0.29) is 0 Å². The molecule has 1 heterocycles. The Hall–Kier alpha value is -0.810. The Kier molecular flexibility index (Phi) is 3.58. The average Bonchev–Trinajstić information content (AvgIpc) is 2.54. The SMILES string of the molecule is CC1(C)CCCC(c2nc(N)c(NN)s2)CC1. The first kappa shape index (κ1) is 12.6. The third kappa shape index (κ3) is 2.90. The van der Waals surface area contributed by atoms with Gasteiger partial charge in [0.2, 0.25) is 0 Å². The van der Waals surface area contributed by atoms with E-state index < -0.39 is 0 Å². The van der Waals surface area contributed by atoms with E-state index in [9.17, 15) is 0 Å². The molecule has 1 atom stereocenters. The number of nitrogens with zero attached hydrogens (tertiary/aromatic N) is 1. The van der Waals surface area contributed by atoms with Crippen LogP contribution in [0.2, 0.25) is 0 Å². The normalized spacial score (nSPS) is 24.3. The van der Waals surface area contributed by atoms with E-state index >= 15 is 0 Å². The number of rotatable bonds is 2. The summed E-state index contributed by atoms with van der Waals surface area (Å²) >= 11 is 1.60. The fraction of sp³-hybridized carbons (Fsp3) is 0.750. The monoisotopic (exact) mass is 254 g/mol. The van der Waals surface area contributed by atoms with Gasteiger partial charge in [-0.3, -0.25) is 0 Å². The number of hydrogen-bond acceptors (Lipinski definition) is 5. The Morgan fingerprint density at radius 2 is 2.12 bits per heavy atom. The molecule has 96 valence electrons. The molecular formula is C12H22N4S. The second kappa shape index (κ2) is 4.82. The van der Waals surface area contributed by atoms with Crippen molar-refractivity contribution in [1.82, 2.24) is 4.98 Å². The van der Waals surface area contributed by atoms with Crippen LogP contribution in [0.15, 0.2) is 0 Å². The third-order valence-corrected chi connectivity index (χ3v) is 4.89. The quantitative estimate of drug-likeness (QED) is 0.430. The maximum absolute atomic E-state index is 5.81. The van der Waals surface area contributed by atoms with Crippen LogP contribution in [0.1, 0.15) is 56.9 Å². The van der Waals surface area contributed by atoms with Crippen LogP contribution < -0.4 is 17.0 Å². The van der Waals surface area contributed by atoms with Crippen LogP contribution in [0.3, 0.4) is 0 Å². The highest BCUT2D eigenvalue weighted by Crippen LogP contribution is 2.42. The van der Waals surface area contributed by atoms with Gasteiger partial charge in [0, 0.05) is 5.92 Å². The Bertz CT molecular complexity index is 386. The first-order chi connectivity index (χ1) is 8.02. The van der Waals surface area contributed by atoms with Gasteiger partial charge in [0.25, 0.3) is 0 Å². The number of nitrogens with one attached hydrogen (secondary N) is 1. The molecule has 0 bridgehead atoms. The summed E-state index contributed by atoms with van der Waals surface area (Å²) in [6.07, 6.45) is 6.29. The molecule has 5 N–H and O–H groups in total. The van der Waals surface area contributed by atoms with Gasteiger partial charge in [0.05, 0.1) is 0 Å². The molecule has 2 rings (SSSR count). The van der Waals surface area contributed by atoms with Crippen molar-refractivity contribution >= 4 is 22.2 Å². The van der Waals surface area contributed by atoms with E-state index in [1.807, 2.05) is 0 Å². The molecule has 0 aliphatic heterocycles. The minimum absolute atomic E-state index is 0.479. The van der Waals surface area contributed by atoms with Crippen molar-refractivity contribution in [3.63, 3.8) is 0 Å². The highest BCUT2D eigenvalue weighted by molar-refractivity contribution is 7.16. The van der Waals surface area contributed by atoms with Crippen molar-refractivity contribution in [3.05, 3.63) is 5.01 Å². The van der Waals surface area contributed by atoms with Gasteiger partial charge in [-0.1, -0.05) is 31.6 Å². The van der Waals surface area contributed by atoms with Crippen LogP contribution in [0, 0.1) is 5.41 Å². The van der Waals surface area contributed by atoms with Gasteiger partial charge in [0.1, 0.15) is 10.0 Å². The van der Waals surface area contributed by atoms with Crippen molar-refractivity contribution in [1.29, 1.82) is 0 Å². The molecule has 1 aromatic rings. The maximum atomic E-state index is 5.81. The van der Waals surface area contributed by atoms with Gasteiger partial charge in [-0.15, -0.1) is 0 Å². The molecule has 0 saturated heterocycles. The minimum Gasteiger partial charge on any atom is -0.381 e. The molecule has 0 radical (unpaired) electrons. The number of aromatic nitrogens is 1. The van der Waals surface area contributed by atoms with E-state index in [4.69, 9.17) is 11.6 Å². The number of thiazole rings is 1. The number of nitrogen functional groups attached to an aromatic ring is 2. The molecule has 1 saturated carbocycles. The summed E-state index contributed by atoms with van der Waals surface area (Å²) in [6.45, 7) is 4.72. The zero-order valence-corrected chi connectivity index (χ0v) is 11.4. The number of anilines is 2. The van der Waals surface area contributed by atoms with Crippen molar-refractivity contribution in [2.75, 3.05) is 11.2 Å². The van der Waals surface area contributed by atoms with E-state index in [1.165, 1.54) is 32.1 Å². The Labute approximate surface area is 107 Å². The van der Waals surface area contributed by atoms with Gasteiger partial charge in [-0.2, -0.15) is 0 Å². The Morgan fingerprint density at radius 3 is 2.76 bits per heavy atom. The standard InChI is InChI=1S/C12H22N4S/c1-12(2)6-3-4-8(5-7-12)10-15-9(13)11(16-14)17-10/h8,16H,3-7,13-14H2,1-2H3. The van der Waals surface area contributed by atoms with E-state index in [2.05, 4.69) is 24.3 Å². The second-order valence-corrected chi connectivity index (χ2v) is 6.73. The summed E-state index contributed by atoms with van der Waals surface area (Å²) in [7, 11) is 0. The van der Waals surface area contributed by atoms with Crippen LogP contribution >= 0.6 is 11.3 Å². The molecule has 1 fully saturated rings. The van der Waals surface area contributed by atoms with Gasteiger partial charge in [-0.05, 0) is 31.1 Å². The van der Waals surface area contributed by atoms with Gasteiger partial charge in [0.15, 0.2) is 5.82 Å². The van der Waals surface area contributed by atoms with Crippen molar-refractivity contribution in [2.24, 2.45) is 11.3 Å². The Morgan fingerprint density at radius 1 is 1.35 bits per heavy atom. The molecule has 1 aromatic heterocycles. The summed E-state index contributed by atoms with van der Waals surface area (Å²) in [5.74, 6) is 6.51. The Balaban J connectivity index is 2.11. The molecule has 17 heavy (non-hydrogen) atoms. The largest absolute Gasteiger partial charge is 0.381 e. The summed E-state index contributed by atoms with van der Waals surface area (Å²) in [5, 5.41) is 1.94. The molecule has 0 spiro atoms. The lowest BCUT2D eigenvalue weighted by Gasteiger charge is -2.21. The highest BCUT2D eigenvalue weighted by atomic mass is 32.1. The van der Waals surface area contributed by atoms with Crippen molar-refractivity contribution in [2.45, 2.75) is 51.9 Å². The number of hydrogen-bond donors (Lipinski definition) is 3. The fourth-order valence-electron chi connectivity index (χ4n) is 2.54. The summed E-state index contributed by atoms with van der Waals surface area (Å²) in [6, 6.07) is 0. The van der Waals surface area contributed by atoms with E-state index in [1.54, 1.807) is 11.3 Å². The maximum Gasteiger partial charge on any atom is 0.160 e. The van der Waals surface area contributed by atoms with Crippen LogP contribution in [-0.2, 0) is 0 Å². The first-order valence-corrected chi connectivity index (χ1v) is 7.06. The van der Waals surface area contributed by atoms with Gasteiger partial charge < -0.3 is 11.2 Å². The zero-order chi connectivity index (χ0) is 12.5. The highest BCUT2D eigenvalue weighted by Gasteiger charge is 2.27. The average molecular weight is 254 g/mol. The molecule has 0 amide bonds. The molecule has 5 heteroatoms. The number of hydrazine groups is 1. The van der Waals surface area contributed by atoms with E-state index in [0.717, 1.165) is 10.0 Å². The van der Waals surface area contributed by atoms with Gasteiger partial charge in [-0.25, -0.2) is 10.8 Å². The first-order valence-electron chi connectivity index (χ1n) is 6.25. The second-order valence-electron chi connectivity index (χ2n) is 5.70. The lowest BCUT2D eigenvalue weighted by Crippen LogP contribution is -2.08. The molecule has 1 aliphatic rings. The van der Waals surface area contributed by atoms with Crippen LogP contribution in [0.5, 0.6) is 0 Å².